The van der Waals surface area contributed by atoms with Crippen LogP contribution in [0.1, 0.15) is 20.7 Å². The summed E-state index contributed by atoms with van der Waals surface area (Å²) in [5.74, 6) is -0.994. The standard InChI is InChI=1S/C20H21NO6S2/c1-28-17-6-2-15(3-7-17)19(22)14-27-20(23)16-4-8-18(9-5-16)29(24,25)21-10-12-26-13-11-21/h2-9H,10-14H2,1H3. The van der Waals surface area contributed by atoms with Gasteiger partial charge in [0.15, 0.2) is 12.4 Å². The molecule has 1 fully saturated rings. The molecule has 0 spiro atoms. The minimum Gasteiger partial charge on any atom is -0.454 e. The summed E-state index contributed by atoms with van der Waals surface area (Å²) in [6.45, 7) is 0.930. The smallest absolute Gasteiger partial charge is 0.338 e. The van der Waals surface area contributed by atoms with E-state index in [1.54, 1.807) is 23.9 Å². The van der Waals surface area contributed by atoms with Gasteiger partial charge in [0, 0.05) is 23.5 Å². The largest absolute Gasteiger partial charge is 0.454 e. The highest BCUT2D eigenvalue weighted by Gasteiger charge is 2.26. The van der Waals surface area contributed by atoms with Gasteiger partial charge < -0.3 is 9.47 Å². The molecule has 3 rings (SSSR count). The Morgan fingerprint density at radius 3 is 2.17 bits per heavy atom. The van der Waals surface area contributed by atoms with E-state index in [1.165, 1.54) is 28.6 Å². The lowest BCUT2D eigenvalue weighted by molar-refractivity contribution is 0.0474. The van der Waals surface area contributed by atoms with Crippen LogP contribution in [0.4, 0.5) is 0 Å². The Bertz CT molecular complexity index is 965. The third-order valence-corrected chi connectivity index (χ3v) is 7.10. The molecule has 29 heavy (non-hydrogen) atoms. The number of hydrogen-bond donors (Lipinski definition) is 0. The van der Waals surface area contributed by atoms with Crippen LogP contribution in [-0.4, -0.2) is 63.6 Å². The van der Waals surface area contributed by atoms with Gasteiger partial charge in [0.05, 0.1) is 23.7 Å². The zero-order chi connectivity index (χ0) is 20.9. The van der Waals surface area contributed by atoms with Crippen molar-refractivity contribution in [1.29, 1.82) is 0 Å². The number of rotatable bonds is 7. The van der Waals surface area contributed by atoms with Gasteiger partial charge in [-0.15, -0.1) is 11.8 Å². The van der Waals surface area contributed by atoms with Gasteiger partial charge in [0.25, 0.3) is 0 Å². The van der Waals surface area contributed by atoms with E-state index in [0.29, 0.717) is 31.9 Å². The maximum absolute atomic E-state index is 12.6. The van der Waals surface area contributed by atoms with E-state index >= 15 is 0 Å². The molecule has 0 N–H and O–H groups in total. The van der Waals surface area contributed by atoms with E-state index in [1.807, 2.05) is 18.4 Å². The summed E-state index contributed by atoms with van der Waals surface area (Å²) in [7, 11) is -3.63. The first kappa shape index (κ1) is 21.5. The number of nitrogens with zero attached hydrogens (tertiary/aromatic N) is 1. The number of ketones is 1. The molecule has 1 aliphatic rings. The topological polar surface area (TPSA) is 90.0 Å². The second kappa shape index (κ2) is 9.53. The number of hydrogen-bond acceptors (Lipinski definition) is 7. The van der Waals surface area contributed by atoms with Crippen LogP contribution in [0.2, 0.25) is 0 Å². The molecule has 0 unspecified atom stereocenters. The Hall–Kier alpha value is -2.20. The molecule has 1 saturated heterocycles. The lowest BCUT2D eigenvalue weighted by Gasteiger charge is -2.26. The number of Topliss-reactive ketones (excluding diaryl/α,β-unsaturated/α-hetero) is 1. The fraction of sp³-hybridized carbons (Fsp3) is 0.300. The third-order valence-electron chi connectivity index (χ3n) is 4.44. The predicted molar refractivity (Wildman–Crippen MR) is 109 cm³/mol. The molecule has 0 amide bonds. The molecule has 7 nitrogen and oxygen atoms in total. The monoisotopic (exact) mass is 435 g/mol. The van der Waals surface area contributed by atoms with Gasteiger partial charge in [-0.05, 0) is 42.7 Å². The number of thioether (sulfide) groups is 1. The summed E-state index contributed by atoms with van der Waals surface area (Å²) in [4.78, 5) is 25.5. The third kappa shape index (κ3) is 5.24. The molecule has 0 bridgehead atoms. The van der Waals surface area contributed by atoms with Crippen molar-refractivity contribution in [3.63, 3.8) is 0 Å². The van der Waals surface area contributed by atoms with Crippen LogP contribution in [0.5, 0.6) is 0 Å². The highest BCUT2D eigenvalue weighted by molar-refractivity contribution is 7.98. The maximum atomic E-state index is 12.6. The van der Waals surface area contributed by atoms with Crippen LogP contribution in [-0.2, 0) is 19.5 Å². The van der Waals surface area contributed by atoms with Crippen LogP contribution < -0.4 is 0 Å². The average Bonchev–Trinajstić information content (AvgIpc) is 2.78. The number of ether oxygens (including phenoxy) is 2. The van der Waals surface area contributed by atoms with Gasteiger partial charge in [-0.25, -0.2) is 13.2 Å². The Morgan fingerprint density at radius 2 is 1.59 bits per heavy atom. The molecule has 0 atom stereocenters. The second-order valence-corrected chi connectivity index (χ2v) is 9.09. The Morgan fingerprint density at radius 1 is 1.00 bits per heavy atom. The molecular formula is C20H21NO6S2. The number of morpholine rings is 1. The van der Waals surface area contributed by atoms with Crippen molar-refractivity contribution in [1.82, 2.24) is 4.31 Å². The number of carbonyl (C=O) groups is 2. The van der Waals surface area contributed by atoms with E-state index in [-0.39, 0.29) is 22.8 Å². The van der Waals surface area contributed by atoms with E-state index in [4.69, 9.17) is 9.47 Å². The summed E-state index contributed by atoms with van der Waals surface area (Å²) < 4.78 is 36.8. The van der Waals surface area contributed by atoms with Gasteiger partial charge in [-0.1, -0.05) is 12.1 Å². The van der Waals surface area contributed by atoms with Crippen LogP contribution in [0, 0.1) is 0 Å². The molecule has 0 aliphatic carbocycles. The first-order valence-corrected chi connectivity index (χ1v) is 11.6. The first-order chi connectivity index (χ1) is 13.9. The van der Waals surface area contributed by atoms with Crippen molar-refractivity contribution < 1.29 is 27.5 Å². The molecule has 0 radical (unpaired) electrons. The summed E-state index contributed by atoms with van der Waals surface area (Å²) in [6, 6.07) is 12.5. The number of benzene rings is 2. The Labute approximate surface area is 174 Å². The molecule has 2 aromatic carbocycles. The predicted octanol–water partition coefficient (Wildman–Crippen LogP) is 2.47. The number of esters is 1. The van der Waals surface area contributed by atoms with Crippen LogP contribution in [0.25, 0.3) is 0 Å². The SMILES string of the molecule is CSc1ccc(C(=O)COC(=O)c2ccc(S(=O)(=O)N3CCOCC3)cc2)cc1. The van der Waals surface area contributed by atoms with Gasteiger partial charge in [-0.3, -0.25) is 4.79 Å². The number of carbonyl (C=O) groups excluding carboxylic acids is 2. The summed E-state index contributed by atoms with van der Waals surface area (Å²) in [5, 5.41) is 0. The van der Waals surface area contributed by atoms with E-state index < -0.39 is 16.0 Å². The molecule has 1 heterocycles. The maximum Gasteiger partial charge on any atom is 0.338 e. The normalized spacial score (nSPS) is 15.1. The van der Waals surface area contributed by atoms with Crippen molar-refractivity contribution in [3.8, 4) is 0 Å². The fourth-order valence-corrected chi connectivity index (χ4v) is 4.59. The number of sulfonamides is 1. The summed E-state index contributed by atoms with van der Waals surface area (Å²) in [5.41, 5.74) is 0.638. The van der Waals surface area contributed by atoms with Crippen LogP contribution in [0.15, 0.2) is 58.3 Å². The Kier molecular flexibility index (Phi) is 7.07. The van der Waals surface area contributed by atoms with Crippen LogP contribution >= 0.6 is 11.8 Å². The van der Waals surface area contributed by atoms with Crippen molar-refractivity contribution in [2.75, 3.05) is 39.2 Å². The quantitative estimate of drug-likeness (QED) is 0.375. The fourth-order valence-electron chi connectivity index (χ4n) is 2.77. The van der Waals surface area contributed by atoms with E-state index in [2.05, 4.69) is 0 Å². The molecule has 154 valence electrons. The zero-order valence-electron chi connectivity index (χ0n) is 15.9. The second-order valence-electron chi connectivity index (χ2n) is 6.27. The molecule has 0 aromatic heterocycles. The van der Waals surface area contributed by atoms with Crippen molar-refractivity contribution >= 4 is 33.5 Å². The molecule has 2 aromatic rings. The van der Waals surface area contributed by atoms with Crippen molar-refractivity contribution in [2.45, 2.75) is 9.79 Å². The minimum atomic E-state index is -3.63. The van der Waals surface area contributed by atoms with Gasteiger partial charge >= 0.3 is 5.97 Å². The molecule has 1 aliphatic heterocycles. The molecule has 9 heteroatoms. The van der Waals surface area contributed by atoms with Gasteiger partial charge in [-0.2, -0.15) is 4.31 Å². The highest BCUT2D eigenvalue weighted by atomic mass is 32.2. The van der Waals surface area contributed by atoms with Gasteiger partial charge in [0.1, 0.15) is 0 Å². The van der Waals surface area contributed by atoms with E-state index in [9.17, 15) is 18.0 Å². The highest BCUT2D eigenvalue weighted by Crippen LogP contribution is 2.18. The van der Waals surface area contributed by atoms with Crippen molar-refractivity contribution in [2.24, 2.45) is 0 Å². The molecular weight excluding hydrogens is 414 g/mol. The minimum absolute atomic E-state index is 0.0981. The van der Waals surface area contributed by atoms with Crippen LogP contribution in [0.3, 0.4) is 0 Å². The summed E-state index contributed by atoms with van der Waals surface area (Å²) >= 11 is 1.57. The average molecular weight is 436 g/mol. The van der Waals surface area contributed by atoms with Crippen molar-refractivity contribution in [3.05, 3.63) is 59.7 Å². The molecule has 0 saturated carbocycles. The lowest BCUT2D eigenvalue weighted by atomic mass is 10.1. The summed E-state index contributed by atoms with van der Waals surface area (Å²) in [6.07, 6.45) is 1.94. The lowest BCUT2D eigenvalue weighted by Crippen LogP contribution is -2.40. The van der Waals surface area contributed by atoms with Gasteiger partial charge in [0.2, 0.25) is 10.0 Å². The van der Waals surface area contributed by atoms with E-state index in [0.717, 1.165) is 4.90 Å². The first-order valence-electron chi connectivity index (χ1n) is 8.94. The zero-order valence-corrected chi connectivity index (χ0v) is 17.5. The Balaban J connectivity index is 1.60.